The number of hydrogen-bond acceptors (Lipinski definition) is 3. The Morgan fingerprint density at radius 2 is 2.20 bits per heavy atom. The molecule has 0 aromatic carbocycles. The Kier molecular flexibility index (Phi) is 2.28. The minimum absolute atomic E-state index is 0.234. The minimum Gasteiger partial charge on any atom is -0.629 e. The van der Waals surface area contributed by atoms with Crippen LogP contribution in [0.3, 0.4) is 0 Å². The Bertz CT molecular complexity index is 129. The molecule has 0 amide bonds. The number of nitrogens with zero attached hydrogens (tertiary/aromatic N) is 2. The molecule has 1 aliphatic heterocycles. The molecule has 0 aromatic heterocycles. The molecule has 2 atom stereocenters. The van der Waals surface area contributed by atoms with Gasteiger partial charge in [0.2, 0.25) is 0 Å². The van der Waals surface area contributed by atoms with Crippen molar-refractivity contribution in [2.75, 3.05) is 34.3 Å². The van der Waals surface area contributed by atoms with E-state index in [0.717, 1.165) is 0 Å². The molecule has 0 aliphatic carbocycles. The van der Waals surface area contributed by atoms with Gasteiger partial charge < -0.3 is 9.62 Å². The lowest BCUT2D eigenvalue weighted by Crippen LogP contribution is -2.32. The van der Waals surface area contributed by atoms with Crippen LogP contribution in [0.25, 0.3) is 0 Å². The summed E-state index contributed by atoms with van der Waals surface area (Å²) < 4.78 is 6.92. The summed E-state index contributed by atoms with van der Waals surface area (Å²) in [7, 11) is 4.49. The third-order valence-electron chi connectivity index (χ3n) is 1.42. The van der Waals surface area contributed by atoms with Crippen molar-refractivity contribution in [1.29, 1.82) is 0 Å². The minimum atomic E-state index is -0.932. The molecule has 0 saturated carbocycles. The fraction of sp³-hybridized carbons (Fsp3) is 1.00. The molecule has 0 bridgehead atoms. The van der Waals surface area contributed by atoms with Crippen molar-refractivity contribution in [3.05, 3.63) is 5.21 Å². The molecule has 10 heavy (non-hydrogen) atoms. The number of hydrogen-bond donors (Lipinski definition) is 0. The first-order valence-electron chi connectivity index (χ1n) is 3.21. The lowest BCUT2D eigenvalue weighted by atomic mass is 10.7. The first-order chi connectivity index (χ1) is 4.54. The maximum Gasteiger partial charge on any atom is 0.342 e. The summed E-state index contributed by atoms with van der Waals surface area (Å²) in [6.07, 6.45) is 0. The maximum absolute atomic E-state index is 11.5. The Balaban J connectivity index is 2.59. The van der Waals surface area contributed by atoms with Crippen LogP contribution in [0.1, 0.15) is 0 Å². The van der Waals surface area contributed by atoms with Crippen LogP contribution in [0.5, 0.6) is 0 Å². The number of hydroxylamine groups is 2. The van der Waals surface area contributed by atoms with E-state index in [2.05, 4.69) is 0 Å². The highest BCUT2D eigenvalue weighted by atomic mass is 31.2. The SMILES string of the molecule is CN(C)P1OCC[N+]1(C)[O-]. The van der Waals surface area contributed by atoms with E-state index < -0.39 is 8.45 Å². The van der Waals surface area contributed by atoms with Gasteiger partial charge in [0.05, 0.1) is 7.05 Å². The molecule has 0 radical (unpaired) electrons. The van der Waals surface area contributed by atoms with E-state index in [0.29, 0.717) is 13.2 Å². The summed E-state index contributed by atoms with van der Waals surface area (Å²) in [4.78, 5) is 0. The Morgan fingerprint density at radius 1 is 1.60 bits per heavy atom. The number of rotatable bonds is 1. The molecule has 4 nitrogen and oxygen atoms in total. The van der Waals surface area contributed by atoms with Crippen molar-refractivity contribution in [3.8, 4) is 0 Å². The maximum atomic E-state index is 11.5. The third kappa shape index (κ3) is 1.47. The van der Waals surface area contributed by atoms with Crippen LogP contribution in [-0.2, 0) is 4.52 Å². The van der Waals surface area contributed by atoms with Crippen molar-refractivity contribution < 1.29 is 8.94 Å². The van der Waals surface area contributed by atoms with Crippen molar-refractivity contribution >= 4 is 8.45 Å². The summed E-state index contributed by atoms with van der Waals surface area (Å²) in [5.41, 5.74) is 0. The van der Waals surface area contributed by atoms with Crippen LogP contribution in [0.15, 0.2) is 0 Å². The Morgan fingerprint density at radius 3 is 2.40 bits per heavy atom. The van der Waals surface area contributed by atoms with Crippen LogP contribution < -0.4 is 0 Å². The smallest absolute Gasteiger partial charge is 0.342 e. The summed E-state index contributed by atoms with van der Waals surface area (Å²) >= 11 is 0. The highest BCUT2D eigenvalue weighted by molar-refractivity contribution is 7.43. The summed E-state index contributed by atoms with van der Waals surface area (Å²) in [6.45, 7) is 1.19. The highest BCUT2D eigenvalue weighted by Crippen LogP contribution is 2.51. The molecule has 60 valence electrons. The summed E-state index contributed by atoms with van der Waals surface area (Å²) in [5.74, 6) is 0. The third-order valence-corrected chi connectivity index (χ3v) is 3.44. The molecule has 0 spiro atoms. The molecule has 2 unspecified atom stereocenters. The molecule has 1 fully saturated rings. The second kappa shape index (κ2) is 2.72. The van der Waals surface area contributed by atoms with E-state index in [1.807, 2.05) is 18.8 Å². The molecule has 0 aromatic rings. The summed E-state index contributed by atoms with van der Waals surface area (Å²) in [5, 5.41) is 11.5. The molecular weight excluding hydrogens is 151 g/mol. The van der Waals surface area contributed by atoms with Gasteiger partial charge in [-0.25, -0.2) is 4.67 Å². The topological polar surface area (TPSA) is 35.5 Å². The molecule has 1 heterocycles. The second-order valence-corrected chi connectivity index (χ2v) is 5.12. The van der Waals surface area contributed by atoms with Crippen LogP contribution in [0.4, 0.5) is 0 Å². The molecule has 0 N–H and O–H groups in total. The second-order valence-electron chi connectivity index (χ2n) is 2.71. The van der Waals surface area contributed by atoms with Crippen molar-refractivity contribution in [2.45, 2.75) is 0 Å². The van der Waals surface area contributed by atoms with E-state index in [-0.39, 0.29) is 4.42 Å². The van der Waals surface area contributed by atoms with Crippen LogP contribution in [-0.4, -0.2) is 43.4 Å². The number of likely N-dealkylation sites (N-methyl/N-ethyl adjacent to an activating group) is 1. The fourth-order valence-electron chi connectivity index (χ4n) is 0.993. The first kappa shape index (κ1) is 8.37. The predicted molar refractivity (Wildman–Crippen MR) is 41.0 cm³/mol. The molecular formula is C5H13N2O2P. The fourth-order valence-corrected chi connectivity index (χ4v) is 2.72. The van der Waals surface area contributed by atoms with E-state index in [9.17, 15) is 5.21 Å². The van der Waals surface area contributed by atoms with E-state index in [4.69, 9.17) is 4.52 Å². The zero-order chi connectivity index (χ0) is 7.78. The van der Waals surface area contributed by atoms with Crippen LogP contribution in [0, 0.1) is 5.21 Å². The van der Waals surface area contributed by atoms with Crippen LogP contribution in [0.2, 0.25) is 0 Å². The van der Waals surface area contributed by atoms with Gasteiger partial charge in [-0.2, -0.15) is 0 Å². The average molecular weight is 164 g/mol. The Hall–Kier alpha value is 0.270. The van der Waals surface area contributed by atoms with Gasteiger partial charge in [-0.3, -0.25) is 4.52 Å². The van der Waals surface area contributed by atoms with Gasteiger partial charge >= 0.3 is 8.45 Å². The molecule has 1 saturated heterocycles. The van der Waals surface area contributed by atoms with Gasteiger partial charge in [0.15, 0.2) is 0 Å². The molecule has 5 heteroatoms. The van der Waals surface area contributed by atoms with E-state index >= 15 is 0 Å². The van der Waals surface area contributed by atoms with Gasteiger partial charge in [-0.1, -0.05) is 0 Å². The van der Waals surface area contributed by atoms with Crippen molar-refractivity contribution in [3.63, 3.8) is 0 Å². The lowest BCUT2D eigenvalue weighted by molar-refractivity contribution is -0.726. The van der Waals surface area contributed by atoms with Crippen molar-refractivity contribution in [1.82, 2.24) is 4.67 Å². The molecule has 1 rings (SSSR count). The van der Waals surface area contributed by atoms with Gasteiger partial charge in [0, 0.05) is 0 Å². The lowest BCUT2D eigenvalue weighted by Gasteiger charge is -2.37. The standard InChI is InChI=1S/C5H13N2O2P/c1-6(2)10-7(3,8)4-5-9-10/h4-5H2,1-3H3. The largest absolute Gasteiger partial charge is 0.629 e. The van der Waals surface area contributed by atoms with Gasteiger partial charge in [0.1, 0.15) is 13.2 Å². The predicted octanol–water partition coefficient (Wildman–Crippen LogP) is 0.749. The zero-order valence-electron chi connectivity index (χ0n) is 6.57. The number of quaternary nitrogens is 1. The monoisotopic (exact) mass is 164 g/mol. The molecule has 1 aliphatic rings. The highest BCUT2D eigenvalue weighted by Gasteiger charge is 2.36. The Labute approximate surface area is 62.5 Å². The normalized spacial score (nSPS) is 41.1. The van der Waals surface area contributed by atoms with E-state index in [1.54, 1.807) is 7.05 Å². The van der Waals surface area contributed by atoms with Gasteiger partial charge in [0.25, 0.3) is 0 Å². The van der Waals surface area contributed by atoms with Crippen molar-refractivity contribution in [2.24, 2.45) is 0 Å². The first-order valence-corrected chi connectivity index (χ1v) is 4.38. The zero-order valence-corrected chi connectivity index (χ0v) is 7.47. The average Bonchev–Trinajstić information content (AvgIpc) is 2.08. The van der Waals surface area contributed by atoms with Gasteiger partial charge in [-0.05, 0) is 14.1 Å². The van der Waals surface area contributed by atoms with Crippen LogP contribution >= 0.6 is 8.45 Å². The quantitative estimate of drug-likeness (QED) is 0.423. The van der Waals surface area contributed by atoms with E-state index in [1.165, 1.54) is 0 Å². The summed E-state index contributed by atoms with van der Waals surface area (Å²) in [6, 6.07) is 0. The van der Waals surface area contributed by atoms with Gasteiger partial charge in [-0.15, -0.1) is 0 Å².